The van der Waals surface area contributed by atoms with Crippen molar-refractivity contribution in [3.05, 3.63) is 71.3 Å². The van der Waals surface area contributed by atoms with Crippen LogP contribution in [0.25, 0.3) is 16.6 Å². The first-order valence-corrected chi connectivity index (χ1v) is 10.7. The van der Waals surface area contributed by atoms with Gasteiger partial charge < -0.3 is 4.90 Å². The average Bonchev–Trinajstić information content (AvgIpc) is 2.97. The molecule has 3 aromatic heterocycles. The van der Waals surface area contributed by atoms with Gasteiger partial charge in [-0.15, -0.1) is 0 Å². The first-order valence-electron chi connectivity index (χ1n) is 10.7. The summed E-state index contributed by atoms with van der Waals surface area (Å²) in [6, 6.07) is 6.39. The third kappa shape index (κ3) is 3.30. The number of allylic oxidation sites excluding steroid dienone is 4. The molecular formula is C26H30N4. The highest BCUT2D eigenvalue weighted by Crippen LogP contribution is 2.47. The van der Waals surface area contributed by atoms with Gasteiger partial charge in [0.15, 0.2) is 5.65 Å². The molecule has 0 aliphatic carbocycles. The minimum Gasteiger partial charge on any atom is -0.338 e. The van der Waals surface area contributed by atoms with Gasteiger partial charge in [-0.2, -0.15) is 0 Å². The van der Waals surface area contributed by atoms with E-state index >= 15 is 0 Å². The third-order valence-corrected chi connectivity index (χ3v) is 5.77. The van der Waals surface area contributed by atoms with E-state index in [9.17, 15) is 0 Å². The summed E-state index contributed by atoms with van der Waals surface area (Å²) < 4.78 is 0. The molecule has 0 bridgehead atoms. The topological polar surface area (TPSA) is 41.9 Å². The number of pyridine rings is 3. The van der Waals surface area contributed by atoms with E-state index in [2.05, 4.69) is 74.9 Å². The van der Waals surface area contributed by atoms with Gasteiger partial charge in [0.1, 0.15) is 0 Å². The highest BCUT2D eigenvalue weighted by molar-refractivity contribution is 5.97. The zero-order chi connectivity index (χ0) is 21.5. The van der Waals surface area contributed by atoms with Crippen molar-refractivity contribution in [3.8, 4) is 0 Å². The predicted molar refractivity (Wildman–Crippen MR) is 126 cm³/mol. The van der Waals surface area contributed by atoms with Crippen molar-refractivity contribution in [3.63, 3.8) is 0 Å². The monoisotopic (exact) mass is 398 g/mol. The highest BCUT2D eigenvalue weighted by Gasteiger charge is 2.38. The van der Waals surface area contributed by atoms with E-state index < -0.39 is 0 Å². The van der Waals surface area contributed by atoms with Gasteiger partial charge in [-0.1, -0.05) is 39.0 Å². The van der Waals surface area contributed by atoms with Gasteiger partial charge in [0.05, 0.1) is 22.8 Å². The van der Waals surface area contributed by atoms with Crippen LogP contribution in [0.5, 0.6) is 0 Å². The van der Waals surface area contributed by atoms with Gasteiger partial charge in [-0.25, -0.2) is 9.97 Å². The zero-order valence-corrected chi connectivity index (χ0v) is 18.8. The second-order valence-corrected chi connectivity index (χ2v) is 8.73. The second-order valence-electron chi connectivity index (χ2n) is 8.73. The van der Waals surface area contributed by atoms with Gasteiger partial charge in [0, 0.05) is 29.7 Å². The maximum atomic E-state index is 4.98. The molecule has 0 aromatic carbocycles. The molecule has 4 heterocycles. The van der Waals surface area contributed by atoms with E-state index in [1.807, 2.05) is 25.4 Å². The van der Waals surface area contributed by atoms with Crippen LogP contribution in [0.2, 0.25) is 0 Å². The molecule has 1 aliphatic heterocycles. The van der Waals surface area contributed by atoms with Crippen LogP contribution in [0.1, 0.15) is 56.6 Å². The molecule has 1 aliphatic rings. The average molecular weight is 399 g/mol. The van der Waals surface area contributed by atoms with Gasteiger partial charge in [-0.3, -0.25) is 4.98 Å². The minimum atomic E-state index is -0.0289. The summed E-state index contributed by atoms with van der Waals surface area (Å²) in [7, 11) is 0. The molecule has 0 unspecified atom stereocenters. The Morgan fingerprint density at radius 2 is 2.03 bits per heavy atom. The van der Waals surface area contributed by atoms with Crippen LogP contribution < -0.4 is 4.90 Å². The molecule has 0 saturated carbocycles. The Hall–Kier alpha value is -3.01. The Morgan fingerprint density at radius 1 is 1.23 bits per heavy atom. The lowest BCUT2D eigenvalue weighted by atomic mass is 9.91. The van der Waals surface area contributed by atoms with E-state index in [0.717, 1.165) is 41.0 Å². The highest BCUT2D eigenvalue weighted by atomic mass is 15.2. The summed E-state index contributed by atoms with van der Waals surface area (Å²) in [6.07, 6.45) is 11.2. The van der Waals surface area contributed by atoms with E-state index in [-0.39, 0.29) is 5.41 Å². The van der Waals surface area contributed by atoms with Crippen molar-refractivity contribution < 1.29 is 0 Å². The van der Waals surface area contributed by atoms with E-state index in [0.29, 0.717) is 0 Å². The minimum absolute atomic E-state index is 0.0289. The smallest absolute Gasteiger partial charge is 0.161 e. The third-order valence-electron chi connectivity index (χ3n) is 5.77. The zero-order valence-electron chi connectivity index (χ0n) is 18.8. The summed E-state index contributed by atoms with van der Waals surface area (Å²) in [5, 5.41) is 1.08. The van der Waals surface area contributed by atoms with E-state index in [1.54, 1.807) is 0 Å². The molecule has 0 saturated heterocycles. The van der Waals surface area contributed by atoms with Crippen molar-refractivity contribution in [2.45, 2.75) is 53.4 Å². The maximum absolute atomic E-state index is 4.98. The lowest BCUT2D eigenvalue weighted by Gasteiger charge is -2.26. The first kappa shape index (κ1) is 20.3. The number of hydrogen-bond donors (Lipinski definition) is 0. The summed E-state index contributed by atoms with van der Waals surface area (Å²) in [5.74, 6) is 0. The van der Waals surface area contributed by atoms with Crippen LogP contribution >= 0.6 is 0 Å². The Labute approximate surface area is 179 Å². The van der Waals surface area contributed by atoms with Crippen molar-refractivity contribution in [1.29, 1.82) is 0 Å². The van der Waals surface area contributed by atoms with Crippen molar-refractivity contribution in [2.24, 2.45) is 0 Å². The fourth-order valence-corrected chi connectivity index (χ4v) is 4.48. The maximum Gasteiger partial charge on any atom is 0.161 e. The number of nitrogens with zero attached hydrogens (tertiary/aromatic N) is 4. The standard InChI is InChI=1S/C26H30N4/c1-7-10-19(11-8-2)22-18(4)23(20-12-9-13-27-25(20)29-22)30-16-26(5,6)24-21(30)14-17(3)15-28-24/h7,9-15H,8,16H2,1-6H3. The molecule has 4 rings (SSSR count). The van der Waals surface area contributed by atoms with Gasteiger partial charge in [0.2, 0.25) is 0 Å². The first-order chi connectivity index (χ1) is 14.4. The molecular weight excluding hydrogens is 368 g/mol. The normalized spacial score (nSPS) is 15.9. The summed E-state index contributed by atoms with van der Waals surface area (Å²) in [5.41, 5.74) is 8.79. The summed E-state index contributed by atoms with van der Waals surface area (Å²) in [4.78, 5) is 16.9. The van der Waals surface area contributed by atoms with Crippen LogP contribution in [0.4, 0.5) is 11.4 Å². The van der Waals surface area contributed by atoms with Gasteiger partial charge in [-0.05, 0) is 62.1 Å². The van der Waals surface area contributed by atoms with Crippen LogP contribution in [0, 0.1) is 13.8 Å². The molecule has 0 N–H and O–H groups in total. The number of hydrogen-bond acceptors (Lipinski definition) is 4. The Balaban J connectivity index is 2.04. The van der Waals surface area contributed by atoms with E-state index in [1.165, 1.54) is 22.5 Å². The summed E-state index contributed by atoms with van der Waals surface area (Å²) >= 11 is 0. The quantitative estimate of drug-likeness (QED) is 0.474. The molecule has 0 amide bonds. The fourth-order valence-electron chi connectivity index (χ4n) is 4.48. The SMILES string of the molecule is CC=CC(=CCC)c1nc2ncccc2c(N2CC(C)(C)c3ncc(C)cc32)c1C. The van der Waals surface area contributed by atoms with Crippen LogP contribution in [-0.2, 0) is 5.41 Å². The van der Waals surface area contributed by atoms with E-state index in [4.69, 9.17) is 9.97 Å². The van der Waals surface area contributed by atoms with Gasteiger partial charge in [0.25, 0.3) is 0 Å². The van der Waals surface area contributed by atoms with Crippen LogP contribution in [0.3, 0.4) is 0 Å². The number of fused-ring (bicyclic) bond motifs is 2. The summed E-state index contributed by atoms with van der Waals surface area (Å²) in [6.45, 7) is 13.9. The fraction of sp³-hybridized carbons (Fsp3) is 0.346. The molecule has 0 radical (unpaired) electrons. The molecule has 4 heteroatoms. The Bertz CT molecular complexity index is 1170. The number of aromatic nitrogens is 3. The predicted octanol–water partition coefficient (Wildman–Crippen LogP) is 6.44. The number of anilines is 2. The molecule has 3 aromatic rings. The second kappa shape index (κ2) is 7.67. The van der Waals surface area contributed by atoms with Crippen molar-refractivity contribution in [1.82, 2.24) is 15.0 Å². The Kier molecular flexibility index (Phi) is 5.19. The largest absolute Gasteiger partial charge is 0.338 e. The van der Waals surface area contributed by atoms with Crippen molar-refractivity contribution >= 4 is 28.0 Å². The Morgan fingerprint density at radius 3 is 2.77 bits per heavy atom. The van der Waals surface area contributed by atoms with Gasteiger partial charge >= 0.3 is 0 Å². The molecule has 154 valence electrons. The lowest BCUT2D eigenvalue weighted by molar-refractivity contribution is 0.554. The molecule has 4 nitrogen and oxygen atoms in total. The molecule has 0 spiro atoms. The molecule has 30 heavy (non-hydrogen) atoms. The number of rotatable bonds is 4. The van der Waals surface area contributed by atoms with Crippen LogP contribution in [0.15, 0.2) is 48.8 Å². The van der Waals surface area contributed by atoms with Crippen LogP contribution in [-0.4, -0.2) is 21.5 Å². The number of aryl methyl sites for hydroxylation is 1. The molecule has 0 fully saturated rings. The molecule has 0 atom stereocenters. The van der Waals surface area contributed by atoms with Crippen molar-refractivity contribution in [2.75, 3.05) is 11.4 Å². The lowest BCUT2D eigenvalue weighted by Crippen LogP contribution is -2.26.